The van der Waals surface area contributed by atoms with Gasteiger partial charge in [-0.1, -0.05) is 89.3 Å². The van der Waals surface area contributed by atoms with Crippen molar-refractivity contribution < 1.29 is 9.53 Å². The van der Waals surface area contributed by atoms with Gasteiger partial charge in [0.25, 0.3) is 0 Å². The number of hydrogen-bond acceptors (Lipinski definition) is 3. The predicted molar refractivity (Wildman–Crippen MR) is 128 cm³/mol. The molecule has 0 fully saturated rings. The van der Waals surface area contributed by atoms with Crippen LogP contribution in [0.1, 0.15) is 102 Å². The first-order chi connectivity index (χ1) is 14.7. The van der Waals surface area contributed by atoms with Gasteiger partial charge in [0.15, 0.2) is 0 Å². The number of amides is 1. The van der Waals surface area contributed by atoms with Crippen molar-refractivity contribution in [1.29, 1.82) is 0 Å². The molecule has 0 unspecified atom stereocenters. The number of hydrogen-bond donors (Lipinski definition) is 1. The number of carbonyl (C=O) groups excluding carboxylic acids is 1. The van der Waals surface area contributed by atoms with Crippen LogP contribution in [-0.2, 0) is 11.3 Å². The predicted octanol–water partition coefficient (Wildman–Crippen LogP) is 6.46. The van der Waals surface area contributed by atoms with Gasteiger partial charge in [0.05, 0.1) is 6.61 Å². The first-order valence-electron chi connectivity index (χ1n) is 12.3. The summed E-state index contributed by atoms with van der Waals surface area (Å²) in [5.41, 5.74) is 6.60. The normalized spacial score (nSPS) is 10.9. The lowest BCUT2D eigenvalue weighted by Crippen LogP contribution is -2.26. The summed E-state index contributed by atoms with van der Waals surface area (Å²) in [5, 5.41) is 0. The molecule has 0 heterocycles. The number of unbranched alkanes of at least 4 members (excludes halogenated alkanes) is 11. The number of rotatable bonds is 19. The van der Waals surface area contributed by atoms with Crippen molar-refractivity contribution in [3.05, 3.63) is 29.8 Å². The van der Waals surface area contributed by atoms with Crippen LogP contribution < -0.4 is 10.5 Å². The van der Waals surface area contributed by atoms with Gasteiger partial charge in [0.1, 0.15) is 5.75 Å². The van der Waals surface area contributed by atoms with Crippen molar-refractivity contribution in [2.24, 2.45) is 5.73 Å². The lowest BCUT2D eigenvalue weighted by molar-refractivity contribution is -0.130. The van der Waals surface area contributed by atoms with Crippen LogP contribution in [0, 0.1) is 0 Å². The third-order valence-electron chi connectivity index (χ3n) is 5.66. The van der Waals surface area contributed by atoms with Crippen LogP contribution in [0.5, 0.6) is 5.75 Å². The Kier molecular flexibility index (Phi) is 16.1. The number of nitrogens with two attached hydrogens (primary N) is 1. The molecule has 4 heteroatoms. The van der Waals surface area contributed by atoms with E-state index in [0.29, 0.717) is 19.5 Å². The second kappa shape index (κ2) is 18.2. The van der Waals surface area contributed by atoms with E-state index in [9.17, 15) is 4.79 Å². The molecule has 0 aliphatic heterocycles. The van der Waals surface area contributed by atoms with Crippen LogP contribution in [0.4, 0.5) is 0 Å². The summed E-state index contributed by atoms with van der Waals surface area (Å²) in [6.45, 7) is 4.33. The van der Waals surface area contributed by atoms with Crippen molar-refractivity contribution >= 4 is 5.91 Å². The summed E-state index contributed by atoms with van der Waals surface area (Å²) in [5.74, 6) is 1.10. The van der Waals surface area contributed by atoms with E-state index in [1.54, 1.807) is 0 Å². The second-order valence-corrected chi connectivity index (χ2v) is 8.49. The Balaban J connectivity index is 2.21. The highest BCUT2D eigenvalue weighted by atomic mass is 16.5. The lowest BCUT2D eigenvalue weighted by Gasteiger charge is -2.19. The quantitative estimate of drug-likeness (QED) is 0.262. The molecule has 0 saturated carbocycles. The summed E-state index contributed by atoms with van der Waals surface area (Å²) in [7, 11) is 1.88. The SMILES string of the molecule is CCCCCCCCCCCCOc1ccccc1CN(C)C(=O)CCCCCN. The maximum Gasteiger partial charge on any atom is 0.222 e. The molecule has 30 heavy (non-hydrogen) atoms. The molecular weight excluding hydrogens is 372 g/mol. The van der Waals surface area contributed by atoms with Gasteiger partial charge in [0.2, 0.25) is 5.91 Å². The van der Waals surface area contributed by atoms with Crippen LogP contribution in [0.15, 0.2) is 24.3 Å². The smallest absolute Gasteiger partial charge is 0.222 e. The maximum atomic E-state index is 12.3. The molecule has 1 aromatic rings. The van der Waals surface area contributed by atoms with Crippen LogP contribution in [0.2, 0.25) is 0 Å². The molecule has 4 nitrogen and oxygen atoms in total. The van der Waals surface area contributed by atoms with Crippen LogP contribution in [-0.4, -0.2) is 31.0 Å². The third-order valence-corrected chi connectivity index (χ3v) is 5.66. The van der Waals surface area contributed by atoms with Crippen molar-refractivity contribution in [1.82, 2.24) is 4.90 Å². The van der Waals surface area contributed by atoms with Gasteiger partial charge in [-0.15, -0.1) is 0 Å². The number of nitrogens with zero attached hydrogens (tertiary/aromatic N) is 1. The number of para-hydroxylation sites is 1. The molecule has 1 amide bonds. The average molecular weight is 419 g/mol. The fourth-order valence-corrected chi connectivity index (χ4v) is 3.68. The standard InChI is InChI=1S/C26H46N2O2/c1-3-4-5-6-7-8-9-10-11-17-22-30-25-19-15-14-18-24(25)23-28(2)26(29)20-13-12-16-21-27/h14-15,18-19H,3-13,16-17,20-23,27H2,1-2H3. The fourth-order valence-electron chi connectivity index (χ4n) is 3.68. The van der Waals surface area contributed by atoms with Crippen LogP contribution in [0.3, 0.4) is 0 Å². The van der Waals surface area contributed by atoms with Gasteiger partial charge >= 0.3 is 0 Å². The zero-order valence-electron chi connectivity index (χ0n) is 19.7. The van der Waals surface area contributed by atoms with Crippen LogP contribution >= 0.6 is 0 Å². The average Bonchev–Trinajstić information content (AvgIpc) is 2.76. The van der Waals surface area contributed by atoms with E-state index >= 15 is 0 Å². The fraction of sp³-hybridized carbons (Fsp3) is 0.731. The Morgan fingerprint density at radius 2 is 1.47 bits per heavy atom. The van der Waals surface area contributed by atoms with Crippen molar-refractivity contribution in [2.45, 2.75) is 103 Å². The molecular formula is C26H46N2O2. The topological polar surface area (TPSA) is 55.6 Å². The molecule has 1 rings (SSSR count). The van der Waals surface area contributed by atoms with Crippen molar-refractivity contribution in [2.75, 3.05) is 20.2 Å². The second-order valence-electron chi connectivity index (χ2n) is 8.49. The van der Waals surface area contributed by atoms with E-state index in [0.717, 1.165) is 43.6 Å². The Morgan fingerprint density at radius 1 is 0.867 bits per heavy atom. The largest absolute Gasteiger partial charge is 0.493 e. The maximum absolute atomic E-state index is 12.3. The molecule has 0 spiro atoms. The third kappa shape index (κ3) is 12.9. The highest BCUT2D eigenvalue weighted by molar-refractivity contribution is 5.75. The minimum atomic E-state index is 0.191. The Morgan fingerprint density at radius 3 is 2.13 bits per heavy atom. The summed E-state index contributed by atoms with van der Waals surface area (Å²) in [6, 6.07) is 8.10. The van der Waals surface area contributed by atoms with Gasteiger partial charge in [-0.2, -0.15) is 0 Å². The molecule has 0 radical (unpaired) electrons. The van der Waals surface area contributed by atoms with Gasteiger partial charge in [0, 0.05) is 25.6 Å². The lowest BCUT2D eigenvalue weighted by atomic mass is 10.1. The Bertz CT molecular complexity index is 548. The molecule has 0 aliphatic carbocycles. The number of ether oxygens (including phenoxy) is 1. The van der Waals surface area contributed by atoms with E-state index < -0.39 is 0 Å². The first-order valence-corrected chi connectivity index (χ1v) is 12.3. The van der Waals surface area contributed by atoms with Crippen molar-refractivity contribution in [3.8, 4) is 5.75 Å². The Labute approximate surface area is 185 Å². The molecule has 1 aromatic carbocycles. The minimum absolute atomic E-state index is 0.191. The highest BCUT2D eigenvalue weighted by Gasteiger charge is 2.12. The molecule has 0 saturated heterocycles. The van der Waals surface area contributed by atoms with Gasteiger partial charge in [-0.3, -0.25) is 4.79 Å². The summed E-state index contributed by atoms with van der Waals surface area (Å²) < 4.78 is 6.05. The Hall–Kier alpha value is -1.55. The van der Waals surface area contributed by atoms with E-state index in [4.69, 9.17) is 10.5 Å². The molecule has 172 valence electrons. The number of benzene rings is 1. The summed E-state index contributed by atoms with van der Waals surface area (Å²) in [6.07, 6.45) is 16.8. The molecule has 0 atom stereocenters. The van der Waals surface area contributed by atoms with E-state index in [-0.39, 0.29) is 5.91 Å². The molecule has 0 bridgehead atoms. The minimum Gasteiger partial charge on any atom is -0.493 e. The first kappa shape index (κ1) is 26.5. The van der Waals surface area contributed by atoms with Gasteiger partial charge in [-0.25, -0.2) is 0 Å². The summed E-state index contributed by atoms with van der Waals surface area (Å²) >= 11 is 0. The van der Waals surface area contributed by atoms with E-state index in [1.165, 1.54) is 57.8 Å². The van der Waals surface area contributed by atoms with Crippen LogP contribution in [0.25, 0.3) is 0 Å². The molecule has 0 aliphatic rings. The monoisotopic (exact) mass is 418 g/mol. The van der Waals surface area contributed by atoms with E-state index in [2.05, 4.69) is 13.0 Å². The van der Waals surface area contributed by atoms with Gasteiger partial charge < -0.3 is 15.4 Å². The highest BCUT2D eigenvalue weighted by Crippen LogP contribution is 2.21. The number of carbonyl (C=O) groups is 1. The summed E-state index contributed by atoms with van der Waals surface area (Å²) in [4.78, 5) is 14.1. The van der Waals surface area contributed by atoms with E-state index in [1.807, 2.05) is 30.1 Å². The van der Waals surface area contributed by atoms with Gasteiger partial charge in [-0.05, 0) is 31.9 Å². The zero-order valence-corrected chi connectivity index (χ0v) is 19.7. The molecule has 2 N–H and O–H groups in total. The zero-order chi connectivity index (χ0) is 21.9. The molecule has 0 aromatic heterocycles. The van der Waals surface area contributed by atoms with Crippen molar-refractivity contribution in [3.63, 3.8) is 0 Å².